The highest BCUT2D eigenvalue weighted by Crippen LogP contribution is 2.32. The van der Waals surface area contributed by atoms with Gasteiger partial charge in [-0.05, 0) is 92.0 Å². The number of ether oxygens (including phenoxy) is 2. The smallest absolute Gasteiger partial charge is 0.129 e. The Kier molecular flexibility index (Phi) is 8.48. The molecule has 0 saturated heterocycles. The first-order chi connectivity index (χ1) is 16.6. The molecule has 0 N–H and O–H groups in total. The zero-order valence-electron chi connectivity index (χ0n) is 19.8. The second-order valence-electron chi connectivity index (χ2n) is 9.20. The summed E-state index contributed by atoms with van der Waals surface area (Å²) in [6.07, 6.45) is 6.41. The van der Waals surface area contributed by atoms with E-state index in [1.165, 1.54) is 11.6 Å². The quantitative estimate of drug-likeness (QED) is 0.318. The highest BCUT2D eigenvalue weighted by atomic mass is 19.1. The minimum absolute atomic E-state index is 0.153. The molecule has 1 saturated carbocycles. The Balaban J connectivity index is 1.38. The summed E-state index contributed by atoms with van der Waals surface area (Å²) in [5.74, 6) is 0.742. The molecule has 3 aromatic rings. The lowest BCUT2D eigenvalue weighted by Gasteiger charge is -2.29. The molecule has 0 aromatic heterocycles. The lowest BCUT2D eigenvalue weighted by Crippen LogP contribution is -2.28. The van der Waals surface area contributed by atoms with Crippen molar-refractivity contribution in [1.82, 2.24) is 0 Å². The predicted molar refractivity (Wildman–Crippen MR) is 133 cm³/mol. The SMILES string of the molecule is CC(=O)CCCc1ccc(OC2CCC(OCc3ccccc3)CC2)cc1-c1cccc(F)c1. The van der Waals surface area contributed by atoms with E-state index in [-0.39, 0.29) is 23.8 Å². The summed E-state index contributed by atoms with van der Waals surface area (Å²) in [6.45, 7) is 2.27. The monoisotopic (exact) mass is 460 g/mol. The van der Waals surface area contributed by atoms with Crippen LogP contribution in [0.15, 0.2) is 72.8 Å². The fourth-order valence-corrected chi connectivity index (χ4v) is 4.60. The van der Waals surface area contributed by atoms with Gasteiger partial charge in [0.05, 0.1) is 18.8 Å². The van der Waals surface area contributed by atoms with Crippen molar-refractivity contribution in [3.63, 3.8) is 0 Å². The van der Waals surface area contributed by atoms with Crippen molar-refractivity contribution in [2.75, 3.05) is 0 Å². The van der Waals surface area contributed by atoms with Crippen LogP contribution >= 0.6 is 0 Å². The Bertz CT molecular complexity index is 1070. The first kappa shape index (κ1) is 24.2. The number of hydrogen-bond donors (Lipinski definition) is 0. The Hall–Kier alpha value is -2.98. The standard InChI is InChI=1S/C30H33FO3/c1-22(32)7-5-10-24-13-14-29(20-30(24)25-11-6-12-26(31)19-25)34-28-17-15-27(16-18-28)33-21-23-8-3-2-4-9-23/h2-4,6,8-9,11-14,19-20,27-28H,5,7,10,15-18,21H2,1H3. The van der Waals surface area contributed by atoms with Gasteiger partial charge in [-0.15, -0.1) is 0 Å². The largest absolute Gasteiger partial charge is 0.490 e. The maximum Gasteiger partial charge on any atom is 0.129 e. The average Bonchev–Trinajstić information content (AvgIpc) is 2.85. The van der Waals surface area contributed by atoms with Crippen LogP contribution in [0.2, 0.25) is 0 Å². The molecule has 1 aliphatic rings. The number of rotatable bonds is 10. The first-order valence-electron chi connectivity index (χ1n) is 12.3. The van der Waals surface area contributed by atoms with Crippen molar-refractivity contribution in [2.24, 2.45) is 0 Å². The van der Waals surface area contributed by atoms with Crippen LogP contribution in [0, 0.1) is 5.82 Å². The number of halogens is 1. The van der Waals surface area contributed by atoms with Gasteiger partial charge in [0.25, 0.3) is 0 Å². The third kappa shape index (κ3) is 7.01. The second-order valence-corrected chi connectivity index (χ2v) is 9.20. The van der Waals surface area contributed by atoms with E-state index in [1.807, 2.05) is 36.4 Å². The molecule has 0 radical (unpaired) electrons. The second kappa shape index (κ2) is 11.9. The van der Waals surface area contributed by atoms with Gasteiger partial charge in [-0.25, -0.2) is 4.39 Å². The molecule has 0 unspecified atom stereocenters. The lowest BCUT2D eigenvalue weighted by molar-refractivity contribution is -0.117. The van der Waals surface area contributed by atoms with Crippen molar-refractivity contribution in [2.45, 2.75) is 70.7 Å². The molecule has 34 heavy (non-hydrogen) atoms. The maximum absolute atomic E-state index is 13.9. The third-order valence-corrected chi connectivity index (χ3v) is 6.44. The van der Waals surface area contributed by atoms with E-state index < -0.39 is 0 Å². The molecule has 178 valence electrons. The topological polar surface area (TPSA) is 35.5 Å². The molecule has 3 aromatic carbocycles. The van der Waals surface area contributed by atoms with Crippen LogP contribution in [0.1, 0.15) is 56.6 Å². The molecule has 4 rings (SSSR count). The van der Waals surface area contributed by atoms with Crippen molar-refractivity contribution in [3.05, 3.63) is 89.7 Å². The van der Waals surface area contributed by atoms with Gasteiger partial charge in [-0.2, -0.15) is 0 Å². The highest BCUT2D eigenvalue weighted by molar-refractivity contribution is 5.75. The number of carbonyl (C=O) groups excluding carboxylic acids is 1. The third-order valence-electron chi connectivity index (χ3n) is 6.44. The fraction of sp³-hybridized carbons (Fsp3) is 0.367. The van der Waals surface area contributed by atoms with Crippen molar-refractivity contribution in [3.8, 4) is 16.9 Å². The Morgan fingerprint density at radius 3 is 2.41 bits per heavy atom. The van der Waals surface area contributed by atoms with Crippen LogP contribution in [0.25, 0.3) is 11.1 Å². The summed E-state index contributed by atoms with van der Waals surface area (Å²) in [5.41, 5.74) is 4.12. The number of Topliss-reactive ketones (excluding diaryl/α,β-unsaturated/α-hetero) is 1. The maximum atomic E-state index is 13.9. The van der Waals surface area contributed by atoms with Gasteiger partial charge in [0, 0.05) is 6.42 Å². The van der Waals surface area contributed by atoms with Gasteiger partial charge in [-0.3, -0.25) is 0 Å². The summed E-state index contributed by atoms with van der Waals surface area (Å²) >= 11 is 0. The molecule has 0 heterocycles. The predicted octanol–water partition coefficient (Wildman–Crippen LogP) is 7.31. The Morgan fingerprint density at radius 1 is 0.912 bits per heavy atom. The molecule has 0 spiro atoms. The normalized spacial score (nSPS) is 17.9. The molecule has 1 aliphatic carbocycles. The molecule has 0 atom stereocenters. The molecule has 4 heteroatoms. The fourth-order valence-electron chi connectivity index (χ4n) is 4.60. The lowest BCUT2D eigenvalue weighted by atomic mass is 9.94. The Labute approximate surface area is 201 Å². The van der Waals surface area contributed by atoms with E-state index in [0.29, 0.717) is 13.0 Å². The summed E-state index contributed by atoms with van der Waals surface area (Å²) in [6, 6.07) is 23.0. The van der Waals surface area contributed by atoms with E-state index in [4.69, 9.17) is 9.47 Å². The number of hydrogen-bond acceptors (Lipinski definition) is 3. The number of aryl methyl sites for hydroxylation is 1. The van der Waals surface area contributed by atoms with Crippen LogP contribution in [-0.2, 0) is 22.6 Å². The van der Waals surface area contributed by atoms with E-state index >= 15 is 0 Å². The van der Waals surface area contributed by atoms with Crippen LogP contribution < -0.4 is 4.74 Å². The van der Waals surface area contributed by atoms with Crippen molar-refractivity contribution < 1.29 is 18.7 Å². The van der Waals surface area contributed by atoms with Crippen molar-refractivity contribution in [1.29, 1.82) is 0 Å². The average molecular weight is 461 g/mol. The zero-order chi connectivity index (χ0) is 23.8. The zero-order valence-corrected chi connectivity index (χ0v) is 19.8. The number of ketones is 1. The molecular weight excluding hydrogens is 427 g/mol. The summed E-state index contributed by atoms with van der Waals surface area (Å²) in [7, 11) is 0. The van der Waals surface area contributed by atoms with Gasteiger partial charge >= 0.3 is 0 Å². The van der Waals surface area contributed by atoms with Gasteiger partial charge in [0.15, 0.2) is 0 Å². The minimum atomic E-state index is -0.257. The summed E-state index contributed by atoms with van der Waals surface area (Å²) in [5, 5.41) is 0. The summed E-state index contributed by atoms with van der Waals surface area (Å²) < 4.78 is 26.4. The number of carbonyl (C=O) groups is 1. The van der Waals surface area contributed by atoms with Crippen LogP contribution in [-0.4, -0.2) is 18.0 Å². The minimum Gasteiger partial charge on any atom is -0.490 e. The van der Waals surface area contributed by atoms with E-state index in [0.717, 1.165) is 61.0 Å². The highest BCUT2D eigenvalue weighted by Gasteiger charge is 2.23. The van der Waals surface area contributed by atoms with E-state index in [1.54, 1.807) is 19.1 Å². The van der Waals surface area contributed by atoms with Gasteiger partial charge < -0.3 is 14.3 Å². The van der Waals surface area contributed by atoms with Crippen LogP contribution in [0.3, 0.4) is 0 Å². The van der Waals surface area contributed by atoms with E-state index in [9.17, 15) is 9.18 Å². The molecule has 0 amide bonds. The molecular formula is C30H33FO3. The van der Waals surface area contributed by atoms with Gasteiger partial charge in [0.2, 0.25) is 0 Å². The molecule has 3 nitrogen and oxygen atoms in total. The van der Waals surface area contributed by atoms with Gasteiger partial charge in [0.1, 0.15) is 17.3 Å². The van der Waals surface area contributed by atoms with Crippen LogP contribution in [0.5, 0.6) is 5.75 Å². The molecule has 0 bridgehead atoms. The van der Waals surface area contributed by atoms with Crippen LogP contribution in [0.4, 0.5) is 4.39 Å². The summed E-state index contributed by atoms with van der Waals surface area (Å²) in [4.78, 5) is 11.4. The molecule has 1 fully saturated rings. The number of benzene rings is 3. The van der Waals surface area contributed by atoms with E-state index in [2.05, 4.69) is 18.2 Å². The first-order valence-corrected chi connectivity index (χ1v) is 12.3. The van der Waals surface area contributed by atoms with Gasteiger partial charge in [-0.1, -0.05) is 48.5 Å². The Morgan fingerprint density at radius 2 is 1.68 bits per heavy atom. The van der Waals surface area contributed by atoms with Crippen molar-refractivity contribution >= 4 is 5.78 Å². The molecule has 0 aliphatic heterocycles.